The monoisotopic (exact) mass is 566 g/mol. The molecule has 0 aliphatic carbocycles. The second kappa shape index (κ2) is 11.7. The summed E-state index contributed by atoms with van der Waals surface area (Å²) in [5, 5.41) is 6.29. The maximum Gasteiger partial charge on any atom is 0.345 e. The van der Waals surface area contributed by atoms with Crippen molar-refractivity contribution in [2.45, 2.75) is 0 Å². The van der Waals surface area contributed by atoms with Gasteiger partial charge in [0.2, 0.25) is 0 Å². The Labute approximate surface area is 220 Å². The summed E-state index contributed by atoms with van der Waals surface area (Å²) < 4.78 is 17.2. The van der Waals surface area contributed by atoms with E-state index in [0.29, 0.717) is 17.1 Å². The van der Waals surface area contributed by atoms with Crippen LogP contribution in [0, 0.1) is 0 Å². The molecule has 0 radical (unpaired) electrons. The highest BCUT2D eigenvalue weighted by atomic mass is 79.9. The molecule has 182 valence electrons. The Morgan fingerprint density at radius 1 is 0.972 bits per heavy atom. The van der Waals surface area contributed by atoms with Gasteiger partial charge in [0.15, 0.2) is 18.1 Å². The lowest BCUT2D eigenvalue weighted by Gasteiger charge is -2.10. The third-order valence-electron chi connectivity index (χ3n) is 5.07. The number of ether oxygens (including phenoxy) is 3. The first-order valence-corrected chi connectivity index (χ1v) is 11.9. The molecule has 0 aliphatic heterocycles. The Balaban J connectivity index is 1.34. The summed E-state index contributed by atoms with van der Waals surface area (Å²) >= 11 is 9.59. The smallest absolute Gasteiger partial charge is 0.345 e. The van der Waals surface area contributed by atoms with Crippen LogP contribution in [-0.2, 0) is 4.79 Å². The third kappa shape index (κ3) is 6.02. The second-order valence-electron chi connectivity index (χ2n) is 7.46. The van der Waals surface area contributed by atoms with Crippen molar-refractivity contribution in [3.05, 3.63) is 99.5 Å². The van der Waals surface area contributed by atoms with Gasteiger partial charge in [-0.05, 0) is 68.7 Å². The number of methoxy groups -OCH3 is 1. The molecule has 9 heteroatoms. The van der Waals surface area contributed by atoms with Crippen molar-refractivity contribution < 1.29 is 23.8 Å². The van der Waals surface area contributed by atoms with Crippen LogP contribution in [0.4, 0.5) is 0 Å². The minimum atomic E-state index is -0.606. The number of hydrogen-bond acceptors (Lipinski definition) is 6. The quantitative estimate of drug-likeness (QED) is 0.122. The van der Waals surface area contributed by atoms with Crippen LogP contribution in [0.25, 0.3) is 10.8 Å². The molecule has 36 heavy (non-hydrogen) atoms. The number of amides is 1. The summed E-state index contributed by atoms with van der Waals surface area (Å²) in [6.45, 7) is -0.214. The predicted octanol–water partition coefficient (Wildman–Crippen LogP) is 6.01. The Bertz CT molecular complexity index is 1460. The minimum absolute atomic E-state index is 0.214. The first-order chi connectivity index (χ1) is 17.5. The number of hydrazone groups is 1. The molecule has 0 saturated carbocycles. The van der Waals surface area contributed by atoms with Crippen molar-refractivity contribution in [1.29, 1.82) is 0 Å². The zero-order chi connectivity index (χ0) is 25.5. The van der Waals surface area contributed by atoms with E-state index in [-0.39, 0.29) is 22.9 Å². The van der Waals surface area contributed by atoms with Gasteiger partial charge in [0.05, 0.1) is 28.4 Å². The largest absolute Gasteiger partial charge is 0.493 e. The number of rotatable bonds is 8. The lowest BCUT2D eigenvalue weighted by Crippen LogP contribution is -2.24. The van der Waals surface area contributed by atoms with E-state index in [9.17, 15) is 9.59 Å². The normalized spacial score (nSPS) is 10.9. The van der Waals surface area contributed by atoms with E-state index in [1.807, 2.05) is 30.3 Å². The first-order valence-electron chi connectivity index (χ1n) is 10.7. The second-order valence-corrected chi connectivity index (χ2v) is 8.66. The number of hydrogen-bond donors (Lipinski definition) is 1. The van der Waals surface area contributed by atoms with Gasteiger partial charge in [-0.25, -0.2) is 10.2 Å². The van der Waals surface area contributed by atoms with Crippen LogP contribution in [0.3, 0.4) is 0 Å². The lowest BCUT2D eigenvalue weighted by molar-refractivity contribution is -0.123. The van der Waals surface area contributed by atoms with Crippen LogP contribution >= 0.6 is 27.5 Å². The molecule has 0 spiro atoms. The molecule has 4 aromatic carbocycles. The summed E-state index contributed by atoms with van der Waals surface area (Å²) in [6.07, 6.45) is 1.44. The Morgan fingerprint density at radius 2 is 1.72 bits per heavy atom. The molecule has 0 unspecified atom stereocenters. The first kappa shape index (κ1) is 25.2. The van der Waals surface area contributed by atoms with E-state index in [0.717, 1.165) is 15.2 Å². The average Bonchev–Trinajstić information content (AvgIpc) is 2.89. The van der Waals surface area contributed by atoms with Gasteiger partial charge >= 0.3 is 5.97 Å². The summed E-state index contributed by atoms with van der Waals surface area (Å²) in [4.78, 5) is 24.6. The molecule has 7 nitrogen and oxygen atoms in total. The molecule has 1 N–H and O–H groups in total. The van der Waals surface area contributed by atoms with E-state index >= 15 is 0 Å². The summed E-state index contributed by atoms with van der Waals surface area (Å²) in [5.41, 5.74) is 3.28. The van der Waals surface area contributed by atoms with E-state index in [1.54, 1.807) is 48.5 Å². The van der Waals surface area contributed by atoms with Crippen molar-refractivity contribution in [2.75, 3.05) is 13.7 Å². The van der Waals surface area contributed by atoms with Crippen molar-refractivity contribution in [3.63, 3.8) is 0 Å². The number of esters is 1. The van der Waals surface area contributed by atoms with Crippen molar-refractivity contribution in [1.82, 2.24) is 5.43 Å². The Morgan fingerprint density at radius 3 is 2.53 bits per heavy atom. The summed E-state index contributed by atoms with van der Waals surface area (Å²) in [5.74, 6) is 0.0572. The van der Waals surface area contributed by atoms with Gasteiger partial charge in [-0.15, -0.1) is 0 Å². The van der Waals surface area contributed by atoms with Gasteiger partial charge in [0.1, 0.15) is 5.75 Å². The van der Waals surface area contributed by atoms with Gasteiger partial charge < -0.3 is 14.2 Å². The maximum absolute atomic E-state index is 12.4. The van der Waals surface area contributed by atoms with Gasteiger partial charge in [-0.3, -0.25) is 4.79 Å². The van der Waals surface area contributed by atoms with Crippen LogP contribution in [0.5, 0.6) is 17.2 Å². The Kier molecular flexibility index (Phi) is 8.20. The molecule has 0 heterocycles. The van der Waals surface area contributed by atoms with Gasteiger partial charge in [0, 0.05) is 0 Å². The van der Waals surface area contributed by atoms with Gasteiger partial charge in [-0.1, -0.05) is 54.1 Å². The van der Waals surface area contributed by atoms with Crippen molar-refractivity contribution in [3.8, 4) is 17.2 Å². The highest BCUT2D eigenvalue weighted by Gasteiger charge is 2.15. The number of benzene rings is 4. The molecule has 4 aromatic rings. The molecule has 0 saturated heterocycles. The number of fused-ring (bicyclic) bond motifs is 1. The highest BCUT2D eigenvalue weighted by molar-refractivity contribution is 9.10. The van der Waals surface area contributed by atoms with Gasteiger partial charge in [0.25, 0.3) is 5.91 Å². The van der Waals surface area contributed by atoms with Crippen LogP contribution < -0.4 is 19.6 Å². The fourth-order valence-electron chi connectivity index (χ4n) is 3.31. The fourth-order valence-corrected chi connectivity index (χ4v) is 4.13. The van der Waals surface area contributed by atoms with Crippen LogP contribution in [0.1, 0.15) is 15.9 Å². The molecule has 0 aliphatic rings. The number of carbonyl (C=O) groups is 2. The minimum Gasteiger partial charge on any atom is -0.493 e. The zero-order valence-electron chi connectivity index (χ0n) is 19.0. The topological polar surface area (TPSA) is 86.2 Å². The maximum atomic E-state index is 12.4. The van der Waals surface area contributed by atoms with E-state index in [2.05, 4.69) is 26.5 Å². The van der Waals surface area contributed by atoms with E-state index in [4.69, 9.17) is 25.8 Å². The fraction of sp³-hybridized carbons (Fsp3) is 0.0741. The number of carbonyl (C=O) groups excluding carboxylic acids is 2. The molecule has 0 fully saturated rings. The number of nitrogens with one attached hydrogen (secondary N) is 1. The summed E-state index contributed by atoms with van der Waals surface area (Å²) in [6, 6.07) is 23.0. The number of halogens is 2. The summed E-state index contributed by atoms with van der Waals surface area (Å²) in [7, 11) is 1.45. The average molecular weight is 568 g/mol. The number of nitrogens with zero attached hydrogens (tertiary/aromatic N) is 1. The van der Waals surface area contributed by atoms with Crippen LogP contribution in [-0.4, -0.2) is 31.8 Å². The molecule has 0 bridgehead atoms. The molecule has 1 amide bonds. The van der Waals surface area contributed by atoms with Crippen LogP contribution in [0.15, 0.2) is 88.4 Å². The third-order valence-corrected chi connectivity index (χ3v) is 6.22. The Hall–Kier alpha value is -3.88. The van der Waals surface area contributed by atoms with Crippen molar-refractivity contribution in [2.24, 2.45) is 5.10 Å². The molecule has 0 aromatic heterocycles. The zero-order valence-corrected chi connectivity index (χ0v) is 21.4. The molecular formula is C27H20BrClN2O5. The van der Waals surface area contributed by atoms with E-state index in [1.165, 1.54) is 13.3 Å². The standard InChI is InChI=1S/C27H20BrClN2O5/c1-34-24-14-17(10-12-22(24)36-27(33)20-8-4-5-9-21(20)29)15-30-31-25(32)16-35-23-13-11-18-6-2-3-7-19(18)26(23)28/h2-15H,16H2,1H3,(H,31,32)/b30-15-. The molecular weight excluding hydrogens is 548 g/mol. The lowest BCUT2D eigenvalue weighted by atomic mass is 10.1. The molecule has 4 rings (SSSR count). The molecule has 0 atom stereocenters. The SMILES string of the molecule is COc1cc(/C=N\NC(=O)COc2ccc3ccccc3c2Br)ccc1OC(=O)c1ccccc1Cl. The van der Waals surface area contributed by atoms with E-state index < -0.39 is 11.9 Å². The van der Waals surface area contributed by atoms with Gasteiger partial charge in [-0.2, -0.15) is 5.10 Å². The van der Waals surface area contributed by atoms with Crippen molar-refractivity contribution >= 4 is 56.4 Å². The van der Waals surface area contributed by atoms with Crippen LogP contribution in [0.2, 0.25) is 5.02 Å². The predicted molar refractivity (Wildman–Crippen MR) is 142 cm³/mol. The highest BCUT2D eigenvalue weighted by Crippen LogP contribution is 2.33.